The fourth-order valence-corrected chi connectivity index (χ4v) is 4.25. The Balaban J connectivity index is 1.38. The lowest BCUT2D eigenvalue weighted by Crippen LogP contribution is -2.27. The minimum Gasteiger partial charge on any atom is -0.355 e. The Bertz CT molecular complexity index is 850. The van der Waals surface area contributed by atoms with E-state index in [1.807, 2.05) is 41.8 Å². The van der Waals surface area contributed by atoms with Crippen molar-refractivity contribution in [2.75, 3.05) is 17.6 Å². The van der Waals surface area contributed by atoms with Gasteiger partial charge in [0.05, 0.1) is 10.6 Å². The van der Waals surface area contributed by atoms with E-state index >= 15 is 0 Å². The molecule has 3 aromatic rings. The van der Waals surface area contributed by atoms with Gasteiger partial charge in [-0.1, -0.05) is 59.5 Å². The third-order valence-electron chi connectivity index (χ3n) is 3.28. The molecular weight excluding hydrogens is 388 g/mol. The molecule has 2 heterocycles. The summed E-state index contributed by atoms with van der Waals surface area (Å²) in [6.07, 6.45) is 0.801. The van der Waals surface area contributed by atoms with E-state index in [1.165, 1.54) is 40.0 Å². The molecule has 2 amide bonds. The second-order valence-corrected chi connectivity index (χ2v) is 8.33. The smallest absolute Gasteiger partial charge is 0.267 e. The first-order chi connectivity index (χ1) is 12.7. The molecule has 0 fully saturated rings. The van der Waals surface area contributed by atoms with Gasteiger partial charge in [0.2, 0.25) is 11.0 Å². The zero-order chi connectivity index (χ0) is 18.2. The number of amides is 2. The minimum absolute atomic E-state index is 0.0506. The van der Waals surface area contributed by atoms with Crippen LogP contribution in [0.25, 0.3) is 0 Å². The molecule has 0 radical (unpaired) electrons. The van der Waals surface area contributed by atoms with Gasteiger partial charge in [0, 0.05) is 6.54 Å². The summed E-state index contributed by atoms with van der Waals surface area (Å²) in [6.45, 7) is 0.599. The number of thioether (sulfide) groups is 1. The summed E-state index contributed by atoms with van der Waals surface area (Å²) in [6, 6.07) is 13.6. The number of nitrogens with zero attached hydrogens (tertiary/aromatic N) is 2. The molecule has 0 bridgehead atoms. The van der Waals surface area contributed by atoms with Crippen molar-refractivity contribution in [1.82, 2.24) is 15.5 Å². The van der Waals surface area contributed by atoms with Gasteiger partial charge in [0.1, 0.15) is 0 Å². The molecule has 2 N–H and O–H groups in total. The van der Waals surface area contributed by atoms with Crippen LogP contribution in [0.1, 0.15) is 15.2 Å². The zero-order valence-electron chi connectivity index (χ0n) is 13.7. The molecule has 0 saturated carbocycles. The van der Waals surface area contributed by atoms with E-state index in [2.05, 4.69) is 20.8 Å². The zero-order valence-corrected chi connectivity index (χ0v) is 16.1. The number of rotatable bonds is 8. The molecule has 2 aromatic heterocycles. The van der Waals surface area contributed by atoms with Crippen molar-refractivity contribution in [2.24, 2.45) is 0 Å². The van der Waals surface area contributed by atoms with E-state index in [1.54, 1.807) is 6.07 Å². The van der Waals surface area contributed by atoms with Gasteiger partial charge in [0.25, 0.3) is 5.91 Å². The van der Waals surface area contributed by atoms with Crippen LogP contribution in [-0.2, 0) is 11.2 Å². The lowest BCUT2D eigenvalue weighted by Gasteiger charge is -2.04. The van der Waals surface area contributed by atoms with Gasteiger partial charge >= 0.3 is 0 Å². The molecule has 0 spiro atoms. The first-order valence-corrected chi connectivity index (χ1v) is 10.5. The second kappa shape index (κ2) is 9.46. The lowest BCUT2D eigenvalue weighted by atomic mass is 10.1. The highest BCUT2D eigenvalue weighted by molar-refractivity contribution is 8.01. The number of thiophene rings is 1. The van der Waals surface area contributed by atoms with Crippen molar-refractivity contribution in [3.8, 4) is 0 Å². The van der Waals surface area contributed by atoms with Gasteiger partial charge in [-0.3, -0.25) is 14.9 Å². The Morgan fingerprint density at radius 1 is 1.08 bits per heavy atom. The number of aromatic nitrogens is 2. The highest BCUT2D eigenvalue weighted by atomic mass is 32.2. The largest absolute Gasteiger partial charge is 0.355 e. The Labute approximate surface area is 163 Å². The summed E-state index contributed by atoms with van der Waals surface area (Å²) in [5.74, 6) is 0.0131. The summed E-state index contributed by atoms with van der Waals surface area (Å²) >= 11 is 3.92. The van der Waals surface area contributed by atoms with Crippen LogP contribution in [0.3, 0.4) is 0 Å². The van der Waals surface area contributed by atoms with Crippen molar-refractivity contribution in [3.63, 3.8) is 0 Å². The van der Waals surface area contributed by atoms with Gasteiger partial charge in [-0.05, 0) is 23.4 Å². The maximum absolute atomic E-state index is 12.0. The van der Waals surface area contributed by atoms with Gasteiger partial charge in [0.15, 0.2) is 4.34 Å². The molecule has 1 aromatic carbocycles. The normalized spacial score (nSPS) is 10.5. The van der Waals surface area contributed by atoms with Crippen LogP contribution in [-0.4, -0.2) is 34.3 Å². The molecule has 0 aliphatic rings. The minimum atomic E-state index is -0.202. The standard InChI is InChI=1S/C17H16N4O2S3/c22-14(18-9-8-12-5-2-1-3-6-12)11-25-17-21-20-16(26-17)19-15(23)13-7-4-10-24-13/h1-7,10H,8-9,11H2,(H,18,22)(H,19,20,23). The maximum atomic E-state index is 12.0. The van der Waals surface area contributed by atoms with Gasteiger partial charge in [-0.2, -0.15) is 0 Å². The number of hydrogen-bond acceptors (Lipinski definition) is 7. The third-order valence-corrected chi connectivity index (χ3v) is 6.12. The average Bonchev–Trinajstić information content (AvgIpc) is 3.33. The SMILES string of the molecule is O=C(CSc1nnc(NC(=O)c2cccs2)s1)NCCc1ccccc1. The molecular formula is C17H16N4O2S3. The number of carbonyl (C=O) groups is 2. The topological polar surface area (TPSA) is 84.0 Å². The van der Waals surface area contributed by atoms with Crippen molar-refractivity contribution in [2.45, 2.75) is 10.8 Å². The summed E-state index contributed by atoms with van der Waals surface area (Å²) in [4.78, 5) is 24.5. The fourth-order valence-electron chi connectivity index (χ4n) is 2.05. The molecule has 0 saturated heterocycles. The Morgan fingerprint density at radius 3 is 2.69 bits per heavy atom. The van der Waals surface area contributed by atoms with Crippen LogP contribution in [0.4, 0.5) is 5.13 Å². The predicted octanol–water partition coefficient (Wildman–Crippen LogP) is 3.30. The molecule has 134 valence electrons. The second-order valence-electron chi connectivity index (χ2n) is 5.18. The highest BCUT2D eigenvalue weighted by Crippen LogP contribution is 2.25. The van der Waals surface area contributed by atoms with E-state index in [0.717, 1.165) is 6.42 Å². The number of hydrogen-bond donors (Lipinski definition) is 2. The van der Waals surface area contributed by atoms with Crippen LogP contribution >= 0.6 is 34.4 Å². The average molecular weight is 405 g/mol. The molecule has 0 aliphatic heterocycles. The summed E-state index contributed by atoms with van der Waals surface area (Å²) in [7, 11) is 0. The number of benzene rings is 1. The summed E-state index contributed by atoms with van der Waals surface area (Å²) in [5, 5.41) is 15.8. The van der Waals surface area contributed by atoms with Gasteiger partial charge < -0.3 is 5.32 Å². The van der Waals surface area contributed by atoms with E-state index < -0.39 is 0 Å². The molecule has 0 unspecified atom stereocenters. The van der Waals surface area contributed by atoms with Gasteiger partial charge in [-0.15, -0.1) is 21.5 Å². The Morgan fingerprint density at radius 2 is 1.92 bits per heavy atom. The van der Waals surface area contributed by atoms with Crippen LogP contribution < -0.4 is 10.6 Å². The maximum Gasteiger partial charge on any atom is 0.267 e. The van der Waals surface area contributed by atoms with Gasteiger partial charge in [-0.25, -0.2) is 0 Å². The summed E-state index contributed by atoms with van der Waals surface area (Å²) < 4.78 is 0.643. The molecule has 9 heteroatoms. The molecule has 3 rings (SSSR count). The third kappa shape index (κ3) is 5.65. The molecule has 0 aliphatic carbocycles. The number of anilines is 1. The summed E-state index contributed by atoms with van der Waals surface area (Å²) in [5.41, 5.74) is 1.19. The van der Waals surface area contributed by atoms with E-state index in [0.29, 0.717) is 20.9 Å². The van der Waals surface area contributed by atoms with Crippen molar-refractivity contribution < 1.29 is 9.59 Å². The van der Waals surface area contributed by atoms with E-state index in [-0.39, 0.29) is 17.6 Å². The monoisotopic (exact) mass is 404 g/mol. The fraction of sp³-hybridized carbons (Fsp3) is 0.176. The quantitative estimate of drug-likeness (QED) is 0.445. The van der Waals surface area contributed by atoms with Crippen molar-refractivity contribution >= 4 is 51.4 Å². The van der Waals surface area contributed by atoms with Crippen LogP contribution in [0.5, 0.6) is 0 Å². The molecule has 6 nitrogen and oxygen atoms in total. The predicted molar refractivity (Wildman–Crippen MR) is 106 cm³/mol. The first-order valence-electron chi connectivity index (χ1n) is 7.82. The molecule has 0 atom stereocenters. The van der Waals surface area contributed by atoms with E-state index in [4.69, 9.17) is 0 Å². The number of carbonyl (C=O) groups excluding carboxylic acids is 2. The highest BCUT2D eigenvalue weighted by Gasteiger charge is 2.12. The van der Waals surface area contributed by atoms with Crippen molar-refractivity contribution in [3.05, 3.63) is 58.3 Å². The van der Waals surface area contributed by atoms with Crippen molar-refractivity contribution in [1.29, 1.82) is 0 Å². The number of nitrogens with one attached hydrogen (secondary N) is 2. The lowest BCUT2D eigenvalue weighted by molar-refractivity contribution is -0.118. The van der Waals surface area contributed by atoms with E-state index in [9.17, 15) is 9.59 Å². The molecule has 26 heavy (non-hydrogen) atoms. The Kier molecular flexibility index (Phi) is 6.75. The first kappa shape index (κ1) is 18.6. The van der Waals surface area contributed by atoms with Crippen LogP contribution in [0.2, 0.25) is 0 Å². The van der Waals surface area contributed by atoms with Crippen LogP contribution in [0, 0.1) is 0 Å². The van der Waals surface area contributed by atoms with Crippen LogP contribution in [0.15, 0.2) is 52.2 Å². The Hall–Kier alpha value is -2.23.